The molecular weight excluding hydrogens is 345 g/mol. The molecule has 0 saturated carbocycles. The average molecular weight is 371 g/mol. The second-order valence-corrected chi connectivity index (χ2v) is 6.65. The molecule has 0 radical (unpaired) electrons. The minimum Gasteiger partial charge on any atom is -0.454 e. The first-order valence-corrected chi connectivity index (χ1v) is 9.17. The molecule has 1 aliphatic rings. The minimum atomic E-state index is -0.380. The van der Waals surface area contributed by atoms with Crippen molar-refractivity contribution in [2.45, 2.75) is 13.0 Å². The van der Waals surface area contributed by atoms with Gasteiger partial charge in [0.05, 0.1) is 6.61 Å². The van der Waals surface area contributed by atoms with E-state index in [1.54, 1.807) is 25.2 Å². The summed E-state index contributed by atoms with van der Waals surface area (Å²) in [6, 6.07) is 14.0. The third-order valence-corrected chi connectivity index (χ3v) is 4.60. The Morgan fingerprint density at radius 2 is 1.96 bits per heavy atom. The van der Waals surface area contributed by atoms with Crippen LogP contribution in [-0.2, 0) is 11.3 Å². The first-order chi connectivity index (χ1) is 13.2. The molecule has 1 fully saturated rings. The molecule has 1 unspecified atom stereocenters. The zero-order chi connectivity index (χ0) is 19.1. The molecule has 144 valence electrons. The van der Waals surface area contributed by atoms with E-state index in [-0.39, 0.29) is 11.6 Å². The first kappa shape index (κ1) is 19.2. The molecule has 2 aromatic rings. The number of hydrogen-bond donors (Lipinski definition) is 1. The second-order valence-electron chi connectivity index (χ2n) is 6.65. The van der Waals surface area contributed by atoms with Crippen molar-refractivity contribution in [3.05, 3.63) is 59.9 Å². The Kier molecular flexibility index (Phi) is 6.65. The average Bonchev–Trinajstić information content (AvgIpc) is 3.18. The maximum absolute atomic E-state index is 13.9. The van der Waals surface area contributed by atoms with Gasteiger partial charge in [-0.3, -0.25) is 4.99 Å². The number of ether oxygens (including phenoxy) is 2. The number of halogens is 1. The smallest absolute Gasteiger partial charge is 0.193 e. The maximum Gasteiger partial charge on any atom is 0.193 e. The van der Waals surface area contributed by atoms with E-state index < -0.39 is 0 Å². The number of aliphatic imine (C=N–C) groups is 1. The third-order valence-electron chi connectivity index (χ3n) is 4.60. The molecule has 0 aliphatic carbocycles. The van der Waals surface area contributed by atoms with Crippen LogP contribution in [0, 0.1) is 11.7 Å². The van der Waals surface area contributed by atoms with Crippen molar-refractivity contribution in [1.29, 1.82) is 0 Å². The monoisotopic (exact) mass is 371 g/mol. The van der Waals surface area contributed by atoms with Crippen LogP contribution in [0.25, 0.3) is 0 Å². The van der Waals surface area contributed by atoms with Crippen molar-refractivity contribution in [2.75, 3.05) is 33.9 Å². The highest BCUT2D eigenvalue weighted by Gasteiger charge is 2.19. The lowest BCUT2D eigenvalue weighted by molar-refractivity contribution is 0.181. The van der Waals surface area contributed by atoms with Crippen molar-refractivity contribution < 1.29 is 13.9 Å². The molecule has 2 aromatic carbocycles. The Morgan fingerprint density at radius 3 is 2.67 bits per heavy atom. The SMILES string of the molecule is CN=C(NCc1ccccc1Oc1ccccc1F)N(C)CC1CCOC1. The summed E-state index contributed by atoms with van der Waals surface area (Å²) in [5.41, 5.74) is 0.930. The molecule has 0 bridgehead atoms. The zero-order valence-electron chi connectivity index (χ0n) is 15.8. The van der Waals surface area contributed by atoms with Gasteiger partial charge in [-0.25, -0.2) is 4.39 Å². The fourth-order valence-corrected chi connectivity index (χ4v) is 3.16. The van der Waals surface area contributed by atoms with Gasteiger partial charge in [0, 0.05) is 45.3 Å². The van der Waals surface area contributed by atoms with E-state index in [0.717, 1.165) is 37.7 Å². The van der Waals surface area contributed by atoms with Gasteiger partial charge in [-0.1, -0.05) is 30.3 Å². The number of nitrogens with one attached hydrogen (secondary N) is 1. The molecule has 1 N–H and O–H groups in total. The van der Waals surface area contributed by atoms with Crippen LogP contribution in [0.4, 0.5) is 4.39 Å². The molecule has 1 atom stereocenters. The van der Waals surface area contributed by atoms with Gasteiger partial charge in [0.1, 0.15) is 5.75 Å². The summed E-state index contributed by atoms with van der Waals surface area (Å²) >= 11 is 0. The lowest BCUT2D eigenvalue weighted by Gasteiger charge is -2.24. The highest BCUT2D eigenvalue weighted by molar-refractivity contribution is 5.79. The minimum absolute atomic E-state index is 0.215. The summed E-state index contributed by atoms with van der Waals surface area (Å²) in [6.07, 6.45) is 1.08. The van der Waals surface area contributed by atoms with Crippen LogP contribution in [-0.4, -0.2) is 44.7 Å². The highest BCUT2D eigenvalue weighted by Crippen LogP contribution is 2.27. The number of benzene rings is 2. The van der Waals surface area contributed by atoms with Gasteiger partial charge < -0.3 is 19.7 Å². The van der Waals surface area contributed by atoms with Gasteiger partial charge in [-0.05, 0) is 24.6 Å². The van der Waals surface area contributed by atoms with Crippen LogP contribution in [0.1, 0.15) is 12.0 Å². The standard InChI is InChI=1S/C21H26FN3O2/c1-23-21(25(2)14-16-11-12-26-15-16)24-13-17-7-3-5-9-19(17)27-20-10-6-4-8-18(20)22/h3-10,16H,11-15H2,1-2H3,(H,23,24). The molecular formula is C21H26FN3O2. The van der Waals surface area contributed by atoms with Crippen LogP contribution < -0.4 is 10.1 Å². The molecule has 1 aliphatic heterocycles. The van der Waals surface area contributed by atoms with Gasteiger partial charge in [-0.2, -0.15) is 0 Å². The van der Waals surface area contributed by atoms with Crippen LogP contribution in [0.3, 0.4) is 0 Å². The molecule has 27 heavy (non-hydrogen) atoms. The molecule has 0 amide bonds. The van der Waals surface area contributed by atoms with Crippen LogP contribution in [0.15, 0.2) is 53.5 Å². The van der Waals surface area contributed by atoms with Crippen LogP contribution in [0.5, 0.6) is 11.5 Å². The lowest BCUT2D eigenvalue weighted by Crippen LogP contribution is -2.41. The number of guanidine groups is 1. The van der Waals surface area contributed by atoms with E-state index in [2.05, 4.69) is 15.2 Å². The van der Waals surface area contributed by atoms with E-state index in [0.29, 0.717) is 18.2 Å². The summed E-state index contributed by atoms with van der Waals surface area (Å²) in [4.78, 5) is 6.47. The normalized spacial score (nSPS) is 17.0. The number of nitrogens with zero attached hydrogens (tertiary/aromatic N) is 2. The quantitative estimate of drug-likeness (QED) is 0.622. The largest absolute Gasteiger partial charge is 0.454 e. The van der Waals surface area contributed by atoms with E-state index in [1.807, 2.05) is 31.3 Å². The van der Waals surface area contributed by atoms with Crippen molar-refractivity contribution in [2.24, 2.45) is 10.9 Å². The summed E-state index contributed by atoms with van der Waals surface area (Å²) in [6.45, 7) is 3.07. The molecule has 5 nitrogen and oxygen atoms in total. The van der Waals surface area contributed by atoms with Gasteiger partial charge in [0.25, 0.3) is 0 Å². The van der Waals surface area contributed by atoms with Crippen molar-refractivity contribution >= 4 is 5.96 Å². The lowest BCUT2D eigenvalue weighted by atomic mass is 10.1. The van der Waals surface area contributed by atoms with Crippen molar-refractivity contribution in [3.8, 4) is 11.5 Å². The fourth-order valence-electron chi connectivity index (χ4n) is 3.16. The Labute approximate surface area is 159 Å². The zero-order valence-corrected chi connectivity index (χ0v) is 15.8. The Hall–Kier alpha value is -2.60. The molecule has 1 heterocycles. The topological polar surface area (TPSA) is 46.1 Å². The Morgan fingerprint density at radius 1 is 1.22 bits per heavy atom. The first-order valence-electron chi connectivity index (χ1n) is 9.17. The third kappa shape index (κ3) is 5.20. The van der Waals surface area contributed by atoms with Crippen LogP contribution >= 0.6 is 0 Å². The van der Waals surface area contributed by atoms with Gasteiger partial charge >= 0.3 is 0 Å². The second kappa shape index (κ2) is 9.37. The fraction of sp³-hybridized carbons (Fsp3) is 0.381. The van der Waals surface area contributed by atoms with Gasteiger partial charge in [-0.15, -0.1) is 0 Å². The maximum atomic E-state index is 13.9. The van der Waals surface area contributed by atoms with Crippen LogP contribution in [0.2, 0.25) is 0 Å². The predicted octanol–water partition coefficient (Wildman–Crippen LogP) is 3.66. The molecule has 3 rings (SSSR count). The molecule has 1 saturated heterocycles. The van der Waals surface area contributed by atoms with E-state index >= 15 is 0 Å². The summed E-state index contributed by atoms with van der Waals surface area (Å²) < 4.78 is 25.1. The predicted molar refractivity (Wildman–Crippen MR) is 105 cm³/mol. The van der Waals surface area contributed by atoms with E-state index in [4.69, 9.17) is 9.47 Å². The number of rotatable bonds is 6. The molecule has 0 spiro atoms. The summed E-state index contributed by atoms with van der Waals surface area (Å²) in [5, 5.41) is 3.36. The highest BCUT2D eigenvalue weighted by atomic mass is 19.1. The summed E-state index contributed by atoms with van der Waals surface area (Å²) in [7, 11) is 3.79. The molecule has 6 heteroatoms. The van der Waals surface area contributed by atoms with Gasteiger partial charge in [0.15, 0.2) is 17.5 Å². The molecule has 0 aromatic heterocycles. The number of para-hydroxylation sites is 2. The number of hydrogen-bond acceptors (Lipinski definition) is 3. The van der Waals surface area contributed by atoms with Gasteiger partial charge in [0.2, 0.25) is 0 Å². The summed E-state index contributed by atoms with van der Waals surface area (Å²) in [5.74, 6) is 1.80. The van der Waals surface area contributed by atoms with Crippen molar-refractivity contribution in [3.63, 3.8) is 0 Å². The Balaban J connectivity index is 1.64. The Bertz CT molecular complexity index is 776. The van der Waals surface area contributed by atoms with E-state index in [1.165, 1.54) is 6.07 Å². The van der Waals surface area contributed by atoms with E-state index in [9.17, 15) is 4.39 Å². The van der Waals surface area contributed by atoms with Crippen molar-refractivity contribution in [1.82, 2.24) is 10.2 Å².